The Balaban J connectivity index is 2.04. The monoisotopic (exact) mass is 389 g/mol. The molecule has 1 N–H and O–H groups in total. The van der Waals surface area contributed by atoms with E-state index in [4.69, 9.17) is 4.74 Å². The van der Waals surface area contributed by atoms with E-state index < -0.39 is 35.3 Å². The third kappa shape index (κ3) is 5.24. The quantitative estimate of drug-likeness (QED) is 0.730. The molecule has 0 saturated heterocycles. The molecule has 0 heterocycles. The van der Waals surface area contributed by atoms with E-state index in [2.05, 4.69) is 10.1 Å². The average molecular weight is 389 g/mol. The highest BCUT2D eigenvalue weighted by Crippen LogP contribution is 2.17. The SMILES string of the molecule is CC[S@](=O)c1ccccc1C(=O)OCC(=O)Nc1ccccc1C(=O)OC. The molecule has 0 radical (unpaired) electrons. The number of hydrogen-bond acceptors (Lipinski definition) is 6. The van der Waals surface area contributed by atoms with Crippen LogP contribution in [-0.2, 0) is 25.1 Å². The van der Waals surface area contributed by atoms with Crippen LogP contribution in [0.4, 0.5) is 5.69 Å². The first-order valence-corrected chi connectivity index (χ1v) is 9.41. The van der Waals surface area contributed by atoms with Crippen molar-refractivity contribution in [2.24, 2.45) is 0 Å². The van der Waals surface area contributed by atoms with Crippen LogP contribution < -0.4 is 5.32 Å². The fourth-order valence-electron chi connectivity index (χ4n) is 2.26. The molecule has 2 aromatic carbocycles. The van der Waals surface area contributed by atoms with E-state index >= 15 is 0 Å². The number of amides is 1. The van der Waals surface area contributed by atoms with Crippen LogP contribution in [0.1, 0.15) is 27.6 Å². The lowest BCUT2D eigenvalue weighted by Crippen LogP contribution is -2.22. The maximum atomic E-state index is 12.3. The molecule has 2 rings (SSSR count). The molecular weight excluding hydrogens is 370 g/mol. The fourth-order valence-corrected chi connectivity index (χ4v) is 3.20. The second-order valence-corrected chi connectivity index (χ2v) is 7.00. The number of carbonyl (C=O) groups excluding carboxylic acids is 3. The zero-order chi connectivity index (χ0) is 19.8. The van der Waals surface area contributed by atoms with Gasteiger partial charge in [-0.15, -0.1) is 0 Å². The fraction of sp³-hybridized carbons (Fsp3) is 0.211. The van der Waals surface area contributed by atoms with Crippen molar-refractivity contribution in [2.75, 3.05) is 24.8 Å². The number of carbonyl (C=O) groups is 3. The van der Waals surface area contributed by atoms with Crippen LogP contribution >= 0.6 is 0 Å². The summed E-state index contributed by atoms with van der Waals surface area (Å²) in [4.78, 5) is 36.4. The Bertz CT molecular complexity index is 880. The van der Waals surface area contributed by atoms with Gasteiger partial charge in [0.05, 0.1) is 39.6 Å². The number of para-hydroxylation sites is 1. The van der Waals surface area contributed by atoms with E-state index in [0.29, 0.717) is 10.6 Å². The highest BCUT2D eigenvalue weighted by molar-refractivity contribution is 7.85. The van der Waals surface area contributed by atoms with E-state index in [9.17, 15) is 18.6 Å². The minimum atomic E-state index is -1.33. The van der Waals surface area contributed by atoms with Gasteiger partial charge in [-0.2, -0.15) is 0 Å². The maximum Gasteiger partial charge on any atom is 0.339 e. The van der Waals surface area contributed by atoms with Crippen LogP contribution in [-0.4, -0.2) is 41.5 Å². The molecule has 142 valence electrons. The summed E-state index contributed by atoms with van der Waals surface area (Å²) in [6.07, 6.45) is 0. The Morgan fingerprint density at radius 3 is 2.26 bits per heavy atom. The number of anilines is 1. The lowest BCUT2D eigenvalue weighted by molar-refractivity contribution is -0.119. The molecule has 2 aromatic rings. The van der Waals surface area contributed by atoms with Crippen molar-refractivity contribution in [3.63, 3.8) is 0 Å². The number of benzene rings is 2. The Labute approximate surface area is 159 Å². The molecule has 27 heavy (non-hydrogen) atoms. The standard InChI is InChI=1S/C19H19NO6S/c1-3-27(24)16-11-7-5-9-14(16)19(23)26-12-17(21)20-15-10-6-4-8-13(15)18(22)25-2/h4-11H,3,12H2,1-2H3,(H,20,21)/t27-/m0/s1. The molecule has 0 bridgehead atoms. The van der Waals surface area contributed by atoms with Gasteiger partial charge in [0.2, 0.25) is 0 Å². The zero-order valence-electron chi connectivity index (χ0n) is 14.9. The number of esters is 2. The van der Waals surface area contributed by atoms with Gasteiger partial charge in [-0.3, -0.25) is 9.00 Å². The van der Waals surface area contributed by atoms with Crippen LogP contribution in [0.2, 0.25) is 0 Å². The Morgan fingerprint density at radius 2 is 1.59 bits per heavy atom. The van der Waals surface area contributed by atoms with Gasteiger partial charge in [0.1, 0.15) is 0 Å². The predicted octanol–water partition coefficient (Wildman–Crippen LogP) is 2.40. The Kier molecular flexibility index (Phi) is 7.25. The van der Waals surface area contributed by atoms with Gasteiger partial charge in [-0.25, -0.2) is 9.59 Å². The van der Waals surface area contributed by atoms with Crippen LogP contribution in [0.3, 0.4) is 0 Å². The number of ether oxygens (including phenoxy) is 2. The van der Waals surface area contributed by atoms with E-state index in [-0.39, 0.29) is 16.8 Å². The van der Waals surface area contributed by atoms with Gasteiger partial charge >= 0.3 is 11.9 Å². The van der Waals surface area contributed by atoms with Crippen molar-refractivity contribution in [2.45, 2.75) is 11.8 Å². The molecule has 0 aliphatic heterocycles. The van der Waals surface area contributed by atoms with Crippen LogP contribution in [0.15, 0.2) is 53.4 Å². The van der Waals surface area contributed by atoms with Gasteiger partial charge in [0.25, 0.3) is 5.91 Å². The summed E-state index contributed by atoms with van der Waals surface area (Å²) < 4.78 is 21.7. The molecule has 1 atom stereocenters. The van der Waals surface area contributed by atoms with Gasteiger partial charge in [-0.1, -0.05) is 31.2 Å². The van der Waals surface area contributed by atoms with Crippen molar-refractivity contribution >= 4 is 34.3 Å². The van der Waals surface area contributed by atoms with E-state index in [1.165, 1.54) is 25.3 Å². The normalized spacial score (nSPS) is 11.3. The Morgan fingerprint density at radius 1 is 0.963 bits per heavy atom. The zero-order valence-corrected chi connectivity index (χ0v) is 15.7. The molecule has 1 amide bonds. The summed E-state index contributed by atoms with van der Waals surface area (Å²) in [5.74, 6) is -1.61. The van der Waals surface area contributed by atoms with Gasteiger partial charge in [-0.05, 0) is 24.3 Å². The molecular formula is C19H19NO6S. The number of methoxy groups -OCH3 is 1. The first-order valence-electron chi connectivity index (χ1n) is 8.09. The first-order chi connectivity index (χ1) is 13.0. The largest absolute Gasteiger partial charge is 0.465 e. The smallest absolute Gasteiger partial charge is 0.339 e. The summed E-state index contributed by atoms with van der Waals surface area (Å²) >= 11 is 0. The third-order valence-electron chi connectivity index (χ3n) is 3.56. The molecule has 0 spiro atoms. The van der Waals surface area contributed by atoms with E-state index in [1.54, 1.807) is 37.3 Å². The van der Waals surface area contributed by atoms with Crippen molar-refractivity contribution in [1.82, 2.24) is 0 Å². The highest BCUT2D eigenvalue weighted by atomic mass is 32.2. The molecule has 0 saturated carbocycles. The molecule has 8 heteroatoms. The molecule has 0 fully saturated rings. The topological polar surface area (TPSA) is 98.8 Å². The second kappa shape index (κ2) is 9.63. The summed E-state index contributed by atoms with van der Waals surface area (Å²) in [6.45, 7) is 1.19. The molecule has 0 aromatic heterocycles. The minimum absolute atomic E-state index is 0.153. The highest BCUT2D eigenvalue weighted by Gasteiger charge is 2.18. The van der Waals surface area contributed by atoms with Crippen LogP contribution in [0.25, 0.3) is 0 Å². The van der Waals surface area contributed by atoms with E-state index in [0.717, 1.165) is 0 Å². The van der Waals surface area contributed by atoms with Crippen molar-refractivity contribution in [1.29, 1.82) is 0 Å². The van der Waals surface area contributed by atoms with Crippen LogP contribution in [0, 0.1) is 0 Å². The van der Waals surface area contributed by atoms with Gasteiger partial charge in [0.15, 0.2) is 6.61 Å². The van der Waals surface area contributed by atoms with Crippen molar-refractivity contribution < 1.29 is 28.1 Å². The summed E-state index contributed by atoms with van der Waals surface area (Å²) in [7, 11) is -0.0940. The number of hydrogen-bond donors (Lipinski definition) is 1. The van der Waals surface area contributed by atoms with Crippen LogP contribution in [0.5, 0.6) is 0 Å². The summed E-state index contributed by atoms with van der Waals surface area (Å²) in [5.41, 5.74) is 0.585. The number of nitrogens with one attached hydrogen (secondary N) is 1. The second-order valence-electron chi connectivity index (χ2n) is 5.29. The van der Waals surface area contributed by atoms with E-state index in [1.807, 2.05) is 0 Å². The lowest BCUT2D eigenvalue weighted by atomic mass is 10.2. The molecule has 7 nitrogen and oxygen atoms in total. The Hall–Kier alpha value is -3.00. The number of rotatable bonds is 7. The molecule has 0 aliphatic rings. The molecule has 0 aliphatic carbocycles. The maximum absolute atomic E-state index is 12.3. The summed E-state index contributed by atoms with van der Waals surface area (Å²) in [6, 6.07) is 12.7. The van der Waals surface area contributed by atoms with Gasteiger partial charge in [0, 0.05) is 5.75 Å². The average Bonchev–Trinajstić information content (AvgIpc) is 2.71. The third-order valence-corrected chi connectivity index (χ3v) is 4.93. The van der Waals surface area contributed by atoms with Crippen molar-refractivity contribution in [3.8, 4) is 0 Å². The van der Waals surface area contributed by atoms with Gasteiger partial charge < -0.3 is 14.8 Å². The lowest BCUT2D eigenvalue weighted by Gasteiger charge is -2.11. The first kappa shape index (κ1) is 20.3. The van der Waals surface area contributed by atoms with Crippen molar-refractivity contribution in [3.05, 3.63) is 59.7 Å². The molecule has 0 unspecified atom stereocenters. The minimum Gasteiger partial charge on any atom is -0.465 e. The predicted molar refractivity (Wildman–Crippen MR) is 100 cm³/mol. The summed E-state index contributed by atoms with van der Waals surface area (Å²) in [5, 5.41) is 2.50.